The third-order valence-electron chi connectivity index (χ3n) is 3.41. The predicted octanol–water partition coefficient (Wildman–Crippen LogP) is 4.18. The lowest BCUT2D eigenvalue weighted by Gasteiger charge is -2.20. The molecule has 0 saturated carbocycles. The molecule has 0 aromatic heterocycles. The summed E-state index contributed by atoms with van der Waals surface area (Å²) in [5, 5.41) is 10.6. The van der Waals surface area contributed by atoms with E-state index in [1.807, 2.05) is 47.6 Å². The fourth-order valence-electron chi connectivity index (χ4n) is 2.21. The van der Waals surface area contributed by atoms with Crippen LogP contribution in [-0.2, 0) is 34.0 Å². The van der Waals surface area contributed by atoms with Crippen molar-refractivity contribution in [3.63, 3.8) is 0 Å². The van der Waals surface area contributed by atoms with E-state index in [1.54, 1.807) is 7.11 Å². The molecule has 0 aliphatic rings. The number of hydrogen-bond acceptors (Lipinski definition) is 5. The molecule has 0 atom stereocenters. The van der Waals surface area contributed by atoms with Crippen LogP contribution >= 0.6 is 0 Å². The van der Waals surface area contributed by atoms with Crippen LogP contribution in [0.5, 0.6) is 11.5 Å². The van der Waals surface area contributed by atoms with Crippen LogP contribution in [0.4, 0.5) is 0 Å². The number of ether oxygens (including phenoxy) is 4. The van der Waals surface area contributed by atoms with Crippen molar-refractivity contribution in [3.05, 3.63) is 22.8 Å². The van der Waals surface area contributed by atoms with Crippen molar-refractivity contribution < 1.29 is 24.1 Å². The largest absolute Gasteiger partial charge is 0.507 e. The van der Waals surface area contributed by atoms with Gasteiger partial charge in [-0.1, -0.05) is 0 Å². The van der Waals surface area contributed by atoms with Crippen LogP contribution in [0.2, 0.25) is 0 Å². The lowest BCUT2D eigenvalue weighted by molar-refractivity contribution is 0.0556. The summed E-state index contributed by atoms with van der Waals surface area (Å²) in [6, 6.07) is 1.89. The number of phenols is 1. The van der Waals surface area contributed by atoms with Crippen LogP contribution < -0.4 is 4.74 Å². The van der Waals surface area contributed by atoms with Crippen molar-refractivity contribution in [1.29, 1.82) is 0 Å². The van der Waals surface area contributed by atoms with Crippen LogP contribution in [0.1, 0.15) is 58.2 Å². The minimum Gasteiger partial charge on any atom is -0.507 e. The molecule has 0 saturated heterocycles. The molecule has 1 N–H and O–H groups in total. The third kappa shape index (κ3) is 6.30. The Morgan fingerprint density at radius 1 is 0.792 bits per heavy atom. The molecule has 138 valence electrons. The van der Waals surface area contributed by atoms with Gasteiger partial charge in [-0.15, -0.1) is 0 Å². The molecule has 1 rings (SSSR count). The molecular formula is C19H32O5. The molecule has 5 heteroatoms. The summed E-state index contributed by atoms with van der Waals surface area (Å²) >= 11 is 0. The summed E-state index contributed by atoms with van der Waals surface area (Å²) in [4.78, 5) is 0. The van der Waals surface area contributed by atoms with E-state index in [0.29, 0.717) is 30.1 Å². The Morgan fingerprint density at radius 2 is 1.25 bits per heavy atom. The molecule has 0 unspecified atom stereocenters. The minimum atomic E-state index is 0.0556. The standard InChI is InChI=1S/C19H32O5/c1-12(2)22-9-15-8-16(10-23-13(3)4)19(21-7)17(18(15)20)11-24-14(5)6/h8,12-14,20H,9-11H2,1-7H3. The molecule has 1 aromatic rings. The normalized spacial score (nSPS) is 11.8. The summed E-state index contributed by atoms with van der Waals surface area (Å²) in [6.45, 7) is 12.8. The molecule has 0 aliphatic carbocycles. The number of rotatable bonds is 10. The first-order valence-corrected chi connectivity index (χ1v) is 8.51. The Morgan fingerprint density at radius 3 is 1.71 bits per heavy atom. The van der Waals surface area contributed by atoms with Gasteiger partial charge in [0.05, 0.1) is 50.8 Å². The monoisotopic (exact) mass is 340 g/mol. The second-order valence-electron chi connectivity index (χ2n) is 6.63. The lowest BCUT2D eigenvalue weighted by Crippen LogP contribution is -2.10. The SMILES string of the molecule is COc1c(COC(C)C)cc(COC(C)C)c(O)c1COC(C)C. The van der Waals surface area contributed by atoms with E-state index in [-0.39, 0.29) is 30.7 Å². The van der Waals surface area contributed by atoms with Crippen molar-refractivity contribution >= 4 is 0 Å². The molecule has 24 heavy (non-hydrogen) atoms. The molecule has 0 radical (unpaired) electrons. The van der Waals surface area contributed by atoms with Crippen LogP contribution in [0.15, 0.2) is 6.07 Å². The topological polar surface area (TPSA) is 57.2 Å². The van der Waals surface area contributed by atoms with Gasteiger partial charge < -0.3 is 24.1 Å². The van der Waals surface area contributed by atoms with E-state index in [4.69, 9.17) is 18.9 Å². The van der Waals surface area contributed by atoms with Crippen LogP contribution in [0.25, 0.3) is 0 Å². The molecule has 0 amide bonds. The maximum Gasteiger partial charge on any atom is 0.133 e. The molecule has 1 aromatic carbocycles. The number of aromatic hydroxyl groups is 1. The minimum absolute atomic E-state index is 0.0556. The maximum atomic E-state index is 10.6. The zero-order valence-electron chi connectivity index (χ0n) is 16.0. The summed E-state index contributed by atoms with van der Waals surface area (Å²) in [5.41, 5.74) is 2.24. The smallest absolute Gasteiger partial charge is 0.133 e. The fourth-order valence-corrected chi connectivity index (χ4v) is 2.21. The van der Waals surface area contributed by atoms with Crippen molar-refractivity contribution in [2.75, 3.05) is 7.11 Å². The first-order valence-electron chi connectivity index (χ1n) is 8.51. The van der Waals surface area contributed by atoms with Crippen LogP contribution in [-0.4, -0.2) is 30.5 Å². The summed E-state index contributed by atoms with van der Waals surface area (Å²) < 4.78 is 22.6. The summed E-state index contributed by atoms with van der Waals surface area (Å²) in [5.74, 6) is 0.781. The highest BCUT2D eigenvalue weighted by Crippen LogP contribution is 2.37. The average molecular weight is 340 g/mol. The van der Waals surface area contributed by atoms with Crippen molar-refractivity contribution in [2.45, 2.75) is 79.7 Å². The number of benzene rings is 1. The maximum absolute atomic E-state index is 10.6. The Kier molecular flexibility index (Phi) is 8.53. The van der Waals surface area contributed by atoms with Gasteiger partial charge in [-0.05, 0) is 47.6 Å². The van der Waals surface area contributed by atoms with E-state index in [2.05, 4.69) is 0 Å². The fraction of sp³-hybridized carbons (Fsp3) is 0.684. The van der Waals surface area contributed by atoms with Gasteiger partial charge in [0.15, 0.2) is 0 Å². The molecule has 0 fully saturated rings. The second kappa shape index (κ2) is 9.87. The number of phenolic OH excluding ortho intramolecular Hbond substituents is 1. The van der Waals surface area contributed by atoms with Crippen LogP contribution in [0, 0.1) is 0 Å². The van der Waals surface area contributed by atoms with E-state index >= 15 is 0 Å². The average Bonchev–Trinajstić information content (AvgIpc) is 2.50. The zero-order chi connectivity index (χ0) is 18.3. The Hall–Kier alpha value is -1.30. The van der Waals surface area contributed by atoms with Crippen molar-refractivity contribution in [3.8, 4) is 11.5 Å². The first kappa shape index (κ1) is 20.7. The second-order valence-corrected chi connectivity index (χ2v) is 6.63. The first-order chi connectivity index (χ1) is 11.3. The van der Waals surface area contributed by atoms with Gasteiger partial charge in [-0.25, -0.2) is 0 Å². The Bertz CT molecular complexity index is 509. The highest BCUT2D eigenvalue weighted by atomic mass is 16.5. The van der Waals surface area contributed by atoms with Gasteiger partial charge in [0.2, 0.25) is 0 Å². The van der Waals surface area contributed by atoms with Gasteiger partial charge in [0.1, 0.15) is 11.5 Å². The summed E-state index contributed by atoms with van der Waals surface area (Å²) in [7, 11) is 1.59. The Labute approximate surface area is 145 Å². The quantitative estimate of drug-likeness (QED) is 0.692. The molecule has 0 bridgehead atoms. The molecular weight excluding hydrogens is 308 g/mol. The molecule has 0 heterocycles. The van der Waals surface area contributed by atoms with Gasteiger partial charge in [0, 0.05) is 11.1 Å². The van der Waals surface area contributed by atoms with Gasteiger partial charge in [-0.2, -0.15) is 0 Å². The highest BCUT2D eigenvalue weighted by molar-refractivity contribution is 5.53. The van der Waals surface area contributed by atoms with Gasteiger partial charge >= 0.3 is 0 Å². The van der Waals surface area contributed by atoms with Crippen LogP contribution in [0.3, 0.4) is 0 Å². The van der Waals surface area contributed by atoms with Gasteiger partial charge in [-0.3, -0.25) is 0 Å². The molecule has 5 nitrogen and oxygen atoms in total. The molecule has 0 aliphatic heterocycles. The highest BCUT2D eigenvalue weighted by Gasteiger charge is 2.20. The number of hydrogen-bond donors (Lipinski definition) is 1. The predicted molar refractivity (Wildman–Crippen MR) is 94.4 cm³/mol. The lowest BCUT2D eigenvalue weighted by atomic mass is 10.0. The van der Waals surface area contributed by atoms with E-state index in [1.165, 1.54) is 0 Å². The van der Waals surface area contributed by atoms with Crippen molar-refractivity contribution in [1.82, 2.24) is 0 Å². The molecule has 0 spiro atoms. The van der Waals surface area contributed by atoms with E-state index < -0.39 is 0 Å². The van der Waals surface area contributed by atoms with E-state index in [0.717, 1.165) is 5.56 Å². The van der Waals surface area contributed by atoms with E-state index in [9.17, 15) is 5.11 Å². The zero-order valence-corrected chi connectivity index (χ0v) is 16.0. The third-order valence-corrected chi connectivity index (χ3v) is 3.41. The number of methoxy groups -OCH3 is 1. The summed E-state index contributed by atoms with van der Waals surface area (Å²) in [6.07, 6.45) is 0.242. The van der Waals surface area contributed by atoms with Crippen molar-refractivity contribution in [2.24, 2.45) is 0 Å². The Balaban J connectivity index is 3.23. The van der Waals surface area contributed by atoms with Gasteiger partial charge in [0.25, 0.3) is 0 Å².